The Hall–Kier alpha value is -3.91. The molecular weight excluding hydrogens is 589 g/mol. The highest BCUT2D eigenvalue weighted by Gasteiger charge is 2.39. The Morgan fingerprint density at radius 3 is 2.68 bits per heavy atom. The molecule has 0 unspecified atom stereocenters. The number of fused-ring (bicyclic) bond motifs is 1. The molecule has 10 heteroatoms. The molecule has 3 aromatic rings. The molecule has 0 spiro atoms. The minimum Gasteiger partial charge on any atom is -0.494 e. The van der Waals surface area contributed by atoms with Gasteiger partial charge in [-0.1, -0.05) is 42.1 Å². The number of thioether (sulfide) groups is 2. The van der Waals surface area contributed by atoms with Crippen molar-refractivity contribution in [3.8, 4) is 11.8 Å². The van der Waals surface area contributed by atoms with Gasteiger partial charge in [0.05, 0.1) is 46.9 Å². The monoisotopic (exact) mass is 624 g/mol. The van der Waals surface area contributed by atoms with Gasteiger partial charge in [-0.25, -0.2) is 4.99 Å². The summed E-state index contributed by atoms with van der Waals surface area (Å²) < 4.78 is 6.18. The average Bonchev–Trinajstić information content (AvgIpc) is 3.54. The van der Waals surface area contributed by atoms with E-state index in [1.807, 2.05) is 56.4 Å². The molecular formula is C34H36N6O2S2. The van der Waals surface area contributed by atoms with Gasteiger partial charge >= 0.3 is 0 Å². The number of benzene rings is 3. The molecule has 0 aromatic heterocycles. The molecule has 3 aliphatic heterocycles. The van der Waals surface area contributed by atoms with Gasteiger partial charge in [0.2, 0.25) is 0 Å². The van der Waals surface area contributed by atoms with Crippen LogP contribution in [0.15, 0.2) is 86.6 Å². The van der Waals surface area contributed by atoms with Gasteiger partial charge in [-0.3, -0.25) is 9.69 Å². The Kier molecular flexibility index (Phi) is 9.45. The van der Waals surface area contributed by atoms with Crippen molar-refractivity contribution < 1.29 is 9.53 Å². The molecule has 226 valence electrons. The predicted octanol–water partition coefficient (Wildman–Crippen LogP) is 6.93. The number of piperidine rings is 1. The lowest BCUT2D eigenvalue weighted by Crippen LogP contribution is -2.29. The third-order valence-electron chi connectivity index (χ3n) is 8.01. The van der Waals surface area contributed by atoms with Crippen LogP contribution < -0.4 is 20.3 Å². The molecule has 2 saturated heterocycles. The number of hydrogen-bond acceptors (Lipinski definition) is 9. The summed E-state index contributed by atoms with van der Waals surface area (Å²) in [7, 11) is 2.00. The van der Waals surface area contributed by atoms with E-state index in [0.717, 1.165) is 58.0 Å². The van der Waals surface area contributed by atoms with Crippen molar-refractivity contribution in [3.63, 3.8) is 0 Å². The molecule has 8 nitrogen and oxygen atoms in total. The van der Waals surface area contributed by atoms with E-state index < -0.39 is 0 Å². The van der Waals surface area contributed by atoms with E-state index in [1.165, 1.54) is 24.6 Å². The Morgan fingerprint density at radius 2 is 1.91 bits per heavy atom. The number of nitriles is 1. The summed E-state index contributed by atoms with van der Waals surface area (Å²) in [5, 5.41) is 17.8. The Morgan fingerprint density at radius 1 is 1.09 bits per heavy atom. The molecule has 2 fully saturated rings. The number of carbonyl (C=O) groups excluding carboxylic acids is 1. The lowest BCUT2D eigenvalue weighted by Gasteiger charge is -2.22. The SMILES string of the molecule is CCNc1ccc(C#N)cc1N=C1S/C(=C2\Sc3ccc(OCCC4CCNCC4)cc3N2C)C(=O)N1Cc1ccccc1. The second-order valence-corrected chi connectivity index (χ2v) is 13.0. The number of nitrogens with one attached hydrogen (secondary N) is 2. The number of hydrogen-bond donors (Lipinski definition) is 2. The molecule has 0 aliphatic carbocycles. The fourth-order valence-corrected chi connectivity index (χ4v) is 7.91. The number of nitrogens with zero attached hydrogens (tertiary/aromatic N) is 4. The highest BCUT2D eigenvalue weighted by atomic mass is 32.2. The van der Waals surface area contributed by atoms with E-state index in [2.05, 4.69) is 33.7 Å². The molecule has 44 heavy (non-hydrogen) atoms. The summed E-state index contributed by atoms with van der Waals surface area (Å²) in [6.45, 7) is 6.02. The smallest absolute Gasteiger partial charge is 0.269 e. The molecule has 6 rings (SSSR count). The molecule has 0 atom stereocenters. The second-order valence-electron chi connectivity index (χ2n) is 11.0. The van der Waals surface area contributed by atoms with Gasteiger partial charge in [0, 0.05) is 24.6 Å². The van der Waals surface area contributed by atoms with Crippen molar-refractivity contribution >= 4 is 51.7 Å². The van der Waals surface area contributed by atoms with Crippen LogP contribution in [0.4, 0.5) is 17.1 Å². The first kappa shape index (κ1) is 30.1. The van der Waals surface area contributed by atoms with E-state index in [-0.39, 0.29) is 5.91 Å². The van der Waals surface area contributed by atoms with E-state index in [4.69, 9.17) is 9.73 Å². The van der Waals surface area contributed by atoms with Crippen molar-refractivity contribution in [2.75, 3.05) is 43.5 Å². The van der Waals surface area contributed by atoms with E-state index in [9.17, 15) is 10.1 Å². The van der Waals surface area contributed by atoms with Crippen molar-refractivity contribution in [1.29, 1.82) is 5.26 Å². The first-order chi connectivity index (χ1) is 21.5. The third-order valence-corrected chi connectivity index (χ3v) is 10.4. The number of rotatable bonds is 9. The van der Waals surface area contributed by atoms with Crippen LogP contribution in [0.1, 0.15) is 37.3 Å². The molecule has 0 radical (unpaired) electrons. The molecule has 2 N–H and O–H groups in total. The lowest BCUT2D eigenvalue weighted by molar-refractivity contribution is -0.122. The fraction of sp³-hybridized carbons (Fsp3) is 0.324. The maximum atomic E-state index is 14.1. The number of aliphatic imine (C=N–C) groups is 1. The largest absolute Gasteiger partial charge is 0.494 e. The van der Waals surface area contributed by atoms with Gasteiger partial charge in [0.25, 0.3) is 5.91 Å². The summed E-state index contributed by atoms with van der Waals surface area (Å²) in [6.07, 6.45) is 3.49. The van der Waals surface area contributed by atoms with Crippen molar-refractivity contribution in [2.45, 2.75) is 37.6 Å². The highest BCUT2D eigenvalue weighted by Crippen LogP contribution is 2.51. The Bertz CT molecular complexity index is 1630. The standard InChI is InChI=1S/C34H36N6O2S2/c1-3-37-27-11-9-25(21-35)19-28(27)38-34-40(22-24-7-5-4-6-8-24)32(41)31(44-34)33-39(2)29-20-26(10-12-30(29)43-33)42-18-15-23-13-16-36-17-14-23/h4-12,19-20,23,36-37H,3,13-18,22H2,1-2H3/b33-31-,38-34?. The maximum Gasteiger partial charge on any atom is 0.269 e. The molecule has 0 bridgehead atoms. The van der Waals surface area contributed by atoms with Gasteiger partial charge in [-0.15, -0.1) is 0 Å². The topological polar surface area (TPSA) is 93.0 Å². The average molecular weight is 625 g/mol. The van der Waals surface area contributed by atoms with Crippen molar-refractivity contribution in [2.24, 2.45) is 10.9 Å². The maximum absolute atomic E-state index is 14.1. The van der Waals surface area contributed by atoms with E-state index >= 15 is 0 Å². The zero-order valence-corrected chi connectivity index (χ0v) is 26.6. The summed E-state index contributed by atoms with van der Waals surface area (Å²) in [6, 6.07) is 23.7. The van der Waals surface area contributed by atoms with Crippen LogP contribution in [0, 0.1) is 17.2 Å². The molecule has 3 aliphatic rings. The summed E-state index contributed by atoms with van der Waals surface area (Å²) >= 11 is 2.98. The van der Waals surface area contributed by atoms with Gasteiger partial charge < -0.3 is 20.3 Å². The molecule has 3 aromatic carbocycles. The van der Waals surface area contributed by atoms with E-state index in [1.54, 1.807) is 28.8 Å². The minimum absolute atomic E-state index is 0.0837. The van der Waals surface area contributed by atoms with Crippen molar-refractivity contribution in [3.05, 3.63) is 87.8 Å². The van der Waals surface area contributed by atoms with Crippen LogP contribution in [0.25, 0.3) is 0 Å². The third kappa shape index (κ3) is 6.60. The number of ether oxygens (including phenoxy) is 1. The summed E-state index contributed by atoms with van der Waals surface area (Å²) in [5.41, 5.74) is 4.01. The first-order valence-electron chi connectivity index (χ1n) is 15.1. The van der Waals surface area contributed by atoms with Gasteiger partial charge in [0.1, 0.15) is 10.7 Å². The summed E-state index contributed by atoms with van der Waals surface area (Å²) in [4.78, 5) is 24.6. The number of carbonyl (C=O) groups is 1. The van der Waals surface area contributed by atoms with Gasteiger partial charge in [0.15, 0.2) is 5.17 Å². The Labute approximate surface area is 267 Å². The predicted molar refractivity (Wildman–Crippen MR) is 180 cm³/mol. The molecule has 3 heterocycles. The minimum atomic E-state index is -0.0837. The van der Waals surface area contributed by atoms with Gasteiger partial charge in [-0.05, 0) is 92.9 Å². The fourth-order valence-electron chi connectivity index (χ4n) is 5.59. The second kappa shape index (κ2) is 13.8. The van der Waals surface area contributed by atoms with Gasteiger partial charge in [-0.2, -0.15) is 5.26 Å². The number of anilines is 2. The van der Waals surface area contributed by atoms with Crippen LogP contribution in [0.5, 0.6) is 5.75 Å². The van der Waals surface area contributed by atoms with Crippen LogP contribution in [-0.4, -0.2) is 49.3 Å². The zero-order valence-electron chi connectivity index (χ0n) is 25.0. The first-order valence-corrected chi connectivity index (χ1v) is 16.7. The summed E-state index contributed by atoms with van der Waals surface area (Å²) in [5.74, 6) is 1.49. The molecule has 1 amide bonds. The molecule has 0 saturated carbocycles. The van der Waals surface area contributed by atoms with Crippen LogP contribution in [0.2, 0.25) is 0 Å². The van der Waals surface area contributed by atoms with Crippen LogP contribution >= 0.6 is 23.5 Å². The number of amides is 1. The normalized spacial score (nSPS) is 19.4. The highest BCUT2D eigenvalue weighted by molar-refractivity contribution is 8.19. The zero-order chi connectivity index (χ0) is 30.5. The Balaban J connectivity index is 1.28. The lowest BCUT2D eigenvalue weighted by atomic mass is 9.95. The number of amidine groups is 1. The van der Waals surface area contributed by atoms with Crippen molar-refractivity contribution in [1.82, 2.24) is 10.2 Å². The van der Waals surface area contributed by atoms with Crippen LogP contribution in [0.3, 0.4) is 0 Å². The van der Waals surface area contributed by atoms with E-state index in [0.29, 0.717) is 41.0 Å². The quantitative estimate of drug-likeness (QED) is 0.248. The van der Waals surface area contributed by atoms with Crippen LogP contribution in [-0.2, 0) is 11.3 Å².